The zero-order valence-electron chi connectivity index (χ0n) is 10.5. The standard InChI is InChI=1S/C14H22FN/c1-4-9-16-14(10-11(2)3)12-7-5-6-8-13(12)15/h5-8,11,14,16H,4,9-10H2,1-3H3. The van der Waals surface area contributed by atoms with Crippen LogP contribution in [0.3, 0.4) is 0 Å². The molecule has 1 rings (SSSR count). The molecule has 1 atom stereocenters. The van der Waals surface area contributed by atoms with Crippen LogP contribution in [0.15, 0.2) is 24.3 Å². The molecule has 1 N–H and O–H groups in total. The lowest BCUT2D eigenvalue weighted by Gasteiger charge is -2.21. The molecular formula is C14H22FN. The third-order valence-electron chi connectivity index (χ3n) is 2.63. The molecular weight excluding hydrogens is 201 g/mol. The lowest BCUT2D eigenvalue weighted by atomic mass is 9.96. The first-order valence-electron chi connectivity index (χ1n) is 6.13. The number of hydrogen-bond donors (Lipinski definition) is 1. The van der Waals surface area contributed by atoms with Crippen molar-refractivity contribution >= 4 is 0 Å². The molecule has 1 aromatic carbocycles. The maximum atomic E-state index is 13.7. The van der Waals surface area contributed by atoms with E-state index in [-0.39, 0.29) is 11.9 Å². The summed E-state index contributed by atoms with van der Waals surface area (Å²) in [6.07, 6.45) is 2.05. The highest BCUT2D eigenvalue weighted by Gasteiger charge is 2.15. The second kappa shape index (κ2) is 6.64. The molecule has 0 fully saturated rings. The number of halogens is 1. The fraction of sp³-hybridized carbons (Fsp3) is 0.571. The number of hydrogen-bond acceptors (Lipinski definition) is 1. The maximum Gasteiger partial charge on any atom is 0.127 e. The van der Waals surface area contributed by atoms with Gasteiger partial charge in [-0.2, -0.15) is 0 Å². The van der Waals surface area contributed by atoms with Crippen LogP contribution in [0.5, 0.6) is 0 Å². The molecule has 0 saturated carbocycles. The van der Waals surface area contributed by atoms with Crippen molar-refractivity contribution in [2.75, 3.05) is 6.54 Å². The summed E-state index contributed by atoms with van der Waals surface area (Å²) < 4.78 is 13.7. The van der Waals surface area contributed by atoms with Crippen LogP contribution in [-0.2, 0) is 0 Å². The Labute approximate surface area is 98.1 Å². The normalized spacial score (nSPS) is 13.1. The predicted octanol–water partition coefficient (Wildman–Crippen LogP) is 3.91. The van der Waals surface area contributed by atoms with Gasteiger partial charge in [-0.3, -0.25) is 0 Å². The van der Waals surface area contributed by atoms with Crippen LogP contribution in [0.1, 0.15) is 45.2 Å². The van der Waals surface area contributed by atoms with Crippen molar-refractivity contribution in [3.63, 3.8) is 0 Å². The molecule has 0 saturated heterocycles. The smallest absolute Gasteiger partial charge is 0.127 e. The Morgan fingerprint density at radius 2 is 1.94 bits per heavy atom. The van der Waals surface area contributed by atoms with Gasteiger partial charge >= 0.3 is 0 Å². The highest BCUT2D eigenvalue weighted by Crippen LogP contribution is 2.23. The van der Waals surface area contributed by atoms with Gasteiger partial charge in [0.15, 0.2) is 0 Å². The van der Waals surface area contributed by atoms with Crippen LogP contribution in [0.25, 0.3) is 0 Å². The molecule has 0 amide bonds. The molecule has 0 spiro atoms. The van der Waals surface area contributed by atoms with Crippen molar-refractivity contribution in [1.82, 2.24) is 5.32 Å². The summed E-state index contributed by atoms with van der Waals surface area (Å²) in [5.74, 6) is 0.464. The minimum absolute atomic E-state index is 0.100. The second-order valence-corrected chi connectivity index (χ2v) is 4.66. The van der Waals surface area contributed by atoms with E-state index in [1.165, 1.54) is 6.07 Å². The van der Waals surface area contributed by atoms with Gasteiger partial charge in [-0.1, -0.05) is 39.0 Å². The van der Waals surface area contributed by atoms with Crippen molar-refractivity contribution in [2.45, 2.75) is 39.7 Å². The molecule has 1 aromatic rings. The van der Waals surface area contributed by atoms with Crippen molar-refractivity contribution in [2.24, 2.45) is 5.92 Å². The molecule has 0 aromatic heterocycles. The Morgan fingerprint density at radius 1 is 1.25 bits per heavy atom. The molecule has 1 unspecified atom stereocenters. The predicted molar refractivity (Wildman–Crippen MR) is 66.9 cm³/mol. The van der Waals surface area contributed by atoms with Gasteiger partial charge in [0.25, 0.3) is 0 Å². The number of nitrogens with one attached hydrogen (secondary N) is 1. The van der Waals surface area contributed by atoms with Crippen LogP contribution in [0.4, 0.5) is 4.39 Å². The van der Waals surface area contributed by atoms with E-state index in [0.29, 0.717) is 5.92 Å². The van der Waals surface area contributed by atoms with Gasteiger partial charge in [0.1, 0.15) is 5.82 Å². The van der Waals surface area contributed by atoms with Crippen LogP contribution in [-0.4, -0.2) is 6.54 Å². The maximum absolute atomic E-state index is 13.7. The van der Waals surface area contributed by atoms with Crippen LogP contribution in [0, 0.1) is 11.7 Å². The quantitative estimate of drug-likeness (QED) is 0.771. The van der Waals surface area contributed by atoms with Crippen molar-refractivity contribution in [3.05, 3.63) is 35.6 Å². The number of benzene rings is 1. The van der Waals surface area contributed by atoms with Gasteiger partial charge in [-0.15, -0.1) is 0 Å². The summed E-state index contributed by atoms with van der Waals surface area (Å²) in [6, 6.07) is 7.20. The Bertz CT molecular complexity index is 309. The van der Waals surface area contributed by atoms with Gasteiger partial charge in [-0.25, -0.2) is 4.39 Å². The highest BCUT2D eigenvalue weighted by molar-refractivity contribution is 5.21. The summed E-state index contributed by atoms with van der Waals surface area (Å²) in [4.78, 5) is 0. The van der Waals surface area contributed by atoms with Crippen molar-refractivity contribution in [1.29, 1.82) is 0 Å². The molecule has 0 aliphatic heterocycles. The molecule has 0 heterocycles. The average molecular weight is 223 g/mol. The van der Waals surface area contributed by atoms with E-state index in [1.807, 2.05) is 12.1 Å². The van der Waals surface area contributed by atoms with E-state index < -0.39 is 0 Å². The summed E-state index contributed by atoms with van der Waals surface area (Å²) >= 11 is 0. The number of rotatable bonds is 6. The molecule has 2 heteroatoms. The fourth-order valence-electron chi connectivity index (χ4n) is 1.87. The first-order chi connectivity index (χ1) is 7.65. The summed E-state index contributed by atoms with van der Waals surface area (Å²) in [6.45, 7) is 7.40. The van der Waals surface area contributed by atoms with Gasteiger partial charge in [0.05, 0.1) is 0 Å². The van der Waals surface area contributed by atoms with E-state index in [4.69, 9.17) is 0 Å². The minimum Gasteiger partial charge on any atom is -0.310 e. The molecule has 0 radical (unpaired) electrons. The second-order valence-electron chi connectivity index (χ2n) is 4.66. The van der Waals surface area contributed by atoms with Crippen LogP contribution < -0.4 is 5.32 Å². The molecule has 0 aliphatic carbocycles. The van der Waals surface area contributed by atoms with Crippen molar-refractivity contribution in [3.8, 4) is 0 Å². The monoisotopic (exact) mass is 223 g/mol. The minimum atomic E-state index is -0.100. The molecule has 1 nitrogen and oxygen atoms in total. The van der Waals surface area contributed by atoms with E-state index in [9.17, 15) is 4.39 Å². The van der Waals surface area contributed by atoms with Gasteiger partial charge in [-0.05, 0) is 31.4 Å². The summed E-state index contributed by atoms with van der Waals surface area (Å²) in [5.41, 5.74) is 0.796. The highest BCUT2D eigenvalue weighted by atomic mass is 19.1. The van der Waals surface area contributed by atoms with E-state index in [1.54, 1.807) is 6.07 Å². The van der Waals surface area contributed by atoms with E-state index >= 15 is 0 Å². The van der Waals surface area contributed by atoms with Gasteiger partial charge < -0.3 is 5.32 Å². The van der Waals surface area contributed by atoms with Gasteiger partial charge in [0, 0.05) is 11.6 Å². The first-order valence-corrected chi connectivity index (χ1v) is 6.13. The summed E-state index contributed by atoms with van der Waals surface area (Å²) in [5, 5.41) is 3.42. The molecule has 90 valence electrons. The van der Waals surface area contributed by atoms with E-state index in [2.05, 4.69) is 26.1 Å². The lowest BCUT2D eigenvalue weighted by Crippen LogP contribution is -2.24. The van der Waals surface area contributed by atoms with Gasteiger partial charge in [0.2, 0.25) is 0 Å². The third-order valence-corrected chi connectivity index (χ3v) is 2.63. The Morgan fingerprint density at radius 3 is 2.50 bits per heavy atom. The molecule has 16 heavy (non-hydrogen) atoms. The average Bonchev–Trinajstić information content (AvgIpc) is 2.24. The zero-order valence-corrected chi connectivity index (χ0v) is 10.5. The third kappa shape index (κ3) is 3.93. The largest absolute Gasteiger partial charge is 0.310 e. The topological polar surface area (TPSA) is 12.0 Å². The lowest BCUT2D eigenvalue weighted by molar-refractivity contribution is 0.416. The SMILES string of the molecule is CCCNC(CC(C)C)c1ccccc1F. The van der Waals surface area contributed by atoms with E-state index in [0.717, 1.165) is 24.9 Å². The Balaban J connectivity index is 2.78. The Hall–Kier alpha value is -0.890. The fourth-order valence-corrected chi connectivity index (χ4v) is 1.87. The first kappa shape index (κ1) is 13.2. The summed E-state index contributed by atoms with van der Waals surface area (Å²) in [7, 11) is 0. The van der Waals surface area contributed by atoms with Crippen molar-refractivity contribution < 1.29 is 4.39 Å². The zero-order chi connectivity index (χ0) is 12.0. The molecule has 0 bridgehead atoms. The molecule has 0 aliphatic rings. The Kier molecular flexibility index (Phi) is 5.47. The van der Waals surface area contributed by atoms with Crippen LogP contribution in [0.2, 0.25) is 0 Å². The van der Waals surface area contributed by atoms with Crippen LogP contribution >= 0.6 is 0 Å².